The van der Waals surface area contributed by atoms with Crippen LogP contribution in [0.2, 0.25) is 0 Å². The highest BCUT2D eigenvalue weighted by Crippen LogP contribution is 2.22. The third-order valence-corrected chi connectivity index (χ3v) is 3.47. The summed E-state index contributed by atoms with van der Waals surface area (Å²) in [6, 6.07) is 16.5. The predicted octanol–water partition coefficient (Wildman–Crippen LogP) is 2.99. The van der Waals surface area contributed by atoms with Crippen molar-refractivity contribution in [1.82, 2.24) is 9.71 Å². The van der Waals surface area contributed by atoms with Crippen LogP contribution in [0.1, 0.15) is 0 Å². The average molecular weight is 284 g/mol. The molecule has 0 fully saturated rings. The highest BCUT2D eigenvalue weighted by Gasteiger charge is 2.15. The minimum absolute atomic E-state index is 1.01. The van der Waals surface area contributed by atoms with Crippen LogP contribution in [0.3, 0.4) is 0 Å². The molecular formula is C16H20N4O. The summed E-state index contributed by atoms with van der Waals surface area (Å²) in [5, 5.41) is 0. The summed E-state index contributed by atoms with van der Waals surface area (Å²) in [7, 11) is 8.12. The molecule has 3 rings (SSSR count). The minimum atomic E-state index is 1.01. The van der Waals surface area contributed by atoms with E-state index in [-0.39, 0.29) is 0 Å². The van der Waals surface area contributed by atoms with Crippen LogP contribution in [-0.2, 0) is 0 Å². The summed E-state index contributed by atoms with van der Waals surface area (Å²) in [6.07, 6.45) is 0. The fraction of sp³-hybridized carbons (Fsp3) is 0.250. The van der Waals surface area contributed by atoms with E-state index >= 15 is 0 Å². The molecule has 0 spiro atoms. The molecule has 0 bridgehead atoms. The van der Waals surface area contributed by atoms with E-state index in [1.165, 1.54) is 11.4 Å². The molecule has 0 aliphatic rings. The first-order valence-corrected chi connectivity index (χ1v) is 6.89. The Morgan fingerprint density at radius 2 is 0.952 bits per heavy atom. The number of benzene rings is 2. The molecule has 2 aromatic carbocycles. The van der Waals surface area contributed by atoms with E-state index in [0.29, 0.717) is 0 Å². The van der Waals surface area contributed by atoms with Crippen LogP contribution in [0, 0.1) is 0 Å². The molecule has 1 aromatic heterocycles. The molecular weight excluding hydrogens is 264 g/mol. The molecule has 0 saturated heterocycles. The number of rotatable bonds is 4. The van der Waals surface area contributed by atoms with Gasteiger partial charge in [0.05, 0.1) is 0 Å². The Balaban J connectivity index is 1.80. The zero-order valence-corrected chi connectivity index (χ0v) is 12.8. The van der Waals surface area contributed by atoms with Gasteiger partial charge in [0.15, 0.2) is 0 Å². The molecule has 0 aliphatic carbocycles. The van der Waals surface area contributed by atoms with E-state index in [2.05, 4.69) is 34.1 Å². The Hall–Kier alpha value is -2.56. The molecule has 5 heteroatoms. The van der Waals surface area contributed by atoms with Gasteiger partial charge in [-0.05, 0) is 48.5 Å². The molecule has 110 valence electrons. The topological polar surface area (TPSA) is 29.5 Å². The average Bonchev–Trinajstić information content (AvgIpc) is 3.28. The van der Waals surface area contributed by atoms with Gasteiger partial charge in [-0.25, -0.2) is 4.63 Å². The summed E-state index contributed by atoms with van der Waals surface area (Å²) >= 11 is 0. The lowest BCUT2D eigenvalue weighted by Crippen LogP contribution is -2.08. The maximum atomic E-state index is 5.53. The summed E-state index contributed by atoms with van der Waals surface area (Å²) < 4.78 is 5.53. The summed E-state index contributed by atoms with van der Waals surface area (Å²) in [6.45, 7) is 0. The third-order valence-electron chi connectivity index (χ3n) is 3.47. The fourth-order valence-corrected chi connectivity index (χ4v) is 2.12. The number of anilines is 2. The molecule has 3 aromatic rings. The molecule has 0 atom stereocenters. The van der Waals surface area contributed by atoms with Gasteiger partial charge in [0.2, 0.25) is 0 Å². The van der Waals surface area contributed by atoms with Crippen molar-refractivity contribution in [2.45, 2.75) is 0 Å². The van der Waals surface area contributed by atoms with E-state index < -0.39 is 0 Å². The van der Waals surface area contributed by atoms with E-state index in [1.54, 1.807) is 9.71 Å². The smallest absolute Gasteiger partial charge is 0.106 e. The van der Waals surface area contributed by atoms with Crippen LogP contribution in [0.5, 0.6) is 0 Å². The minimum Gasteiger partial charge on any atom is -0.378 e. The lowest BCUT2D eigenvalue weighted by Gasteiger charge is -2.11. The van der Waals surface area contributed by atoms with Gasteiger partial charge in [-0.1, -0.05) is 9.71 Å². The molecule has 0 unspecified atom stereocenters. The van der Waals surface area contributed by atoms with E-state index in [1.807, 2.05) is 52.5 Å². The lowest BCUT2D eigenvalue weighted by molar-refractivity contribution is 0.475. The number of hydrogen-bond donors (Lipinski definition) is 0. The third kappa shape index (κ3) is 2.67. The van der Waals surface area contributed by atoms with Gasteiger partial charge in [-0.2, -0.15) is 0 Å². The molecule has 0 N–H and O–H groups in total. The van der Waals surface area contributed by atoms with Crippen molar-refractivity contribution in [3.8, 4) is 11.4 Å². The van der Waals surface area contributed by atoms with Crippen LogP contribution in [-0.4, -0.2) is 37.9 Å². The predicted molar refractivity (Wildman–Crippen MR) is 86.0 cm³/mol. The van der Waals surface area contributed by atoms with Crippen molar-refractivity contribution in [3.05, 3.63) is 48.5 Å². The zero-order valence-electron chi connectivity index (χ0n) is 12.8. The van der Waals surface area contributed by atoms with Crippen molar-refractivity contribution < 1.29 is 4.63 Å². The first kappa shape index (κ1) is 13.4. The van der Waals surface area contributed by atoms with Gasteiger partial charge in [0.1, 0.15) is 11.4 Å². The Kier molecular flexibility index (Phi) is 3.25. The number of nitrogens with zero attached hydrogens (tertiary/aromatic N) is 4. The number of hydrogen-bond acceptors (Lipinski definition) is 3. The van der Waals surface area contributed by atoms with Crippen molar-refractivity contribution in [2.24, 2.45) is 0 Å². The summed E-state index contributed by atoms with van der Waals surface area (Å²) in [5.41, 5.74) is 4.36. The Labute approximate surface area is 124 Å². The first-order chi connectivity index (χ1) is 10.1. The molecule has 0 aliphatic heterocycles. The SMILES string of the molecule is CN(C)c1ccc(-n2on2-c2ccc(N(C)C)cc2)cc1. The van der Waals surface area contributed by atoms with Crippen molar-refractivity contribution in [2.75, 3.05) is 38.0 Å². The highest BCUT2D eigenvalue weighted by atomic mass is 16.8. The van der Waals surface area contributed by atoms with Gasteiger partial charge in [-0.3, -0.25) is 0 Å². The first-order valence-electron chi connectivity index (χ1n) is 6.89. The largest absolute Gasteiger partial charge is 0.378 e. The van der Waals surface area contributed by atoms with Crippen molar-refractivity contribution in [1.29, 1.82) is 0 Å². The van der Waals surface area contributed by atoms with Gasteiger partial charge in [0, 0.05) is 39.6 Å². The molecule has 21 heavy (non-hydrogen) atoms. The number of aromatic nitrogens is 2. The zero-order chi connectivity index (χ0) is 15.0. The Morgan fingerprint density at radius 3 is 1.24 bits per heavy atom. The Bertz CT molecular complexity index is 638. The monoisotopic (exact) mass is 284 g/mol. The fourth-order valence-electron chi connectivity index (χ4n) is 2.12. The summed E-state index contributed by atoms with van der Waals surface area (Å²) in [4.78, 5) is 7.68. The van der Waals surface area contributed by atoms with Crippen molar-refractivity contribution in [3.63, 3.8) is 0 Å². The maximum absolute atomic E-state index is 5.53. The maximum Gasteiger partial charge on any atom is 0.106 e. The van der Waals surface area contributed by atoms with Gasteiger partial charge < -0.3 is 9.80 Å². The summed E-state index contributed by atoms with van der Waals surface area (Å²) in [5.74, 6) is 0. The quantitative estimate of drug-likeness (QED) is 0.737. The van der Waals surface area contributed by atoms with Crippen molar-refractivity contribution >= 4 is 11.4 Å². The van der Waals surface area contributed by atoms with E-state index in [0.717, 1.165) is 11.4 Å². The van der Waals surface area contributed by atoms with Gasteiger partial charge in [0.25, 0.3) is 0 Å². The normalized spacial score (nSPS) is 10.9. The van der Waals surface area contributed by atoms with E-state index in [4.69, 9.17) is 4.63 Å². The molecule has 5 nitrogen and oxygen atoms in total. The van der Waals surface area contributed by atoms with Gasteiger partial charge in [-0.15, -0.1) is 0 Å². The molecule has 1 heterocycles. The van der Waals surface area contributed by atoms with Crippen LogP contribution < -0.4 is 9.80 Å². The lowest BCUT2D eigenvalue weighted by atomic mass is 10.2. The van der Waals surface area contributed by atoms with Crippen LogP contribution in [0.4, 0.5) is 11.4 Å². The standard InChI is InChI=1S/C16H20N4O/c1-17(2)13-5-9-15(10-6-13)19-20(21-19)16-11-7-14(8-12-16)18(3)4/h5-12H,1-4H3. The van der Waals surface area contributed by atoms with Crippen LogP contribution in [0.15, 0.2) is 53.2 Å². The van der Waals surface area contributed by atoms with Gasteiger partial charge >= 0.3 is 0 Å². The second-order valence-corrected chi connectivity index (χ2v) is 5.45. The van der Waals surface area contributed by atoms with E-state index in [9.17, 15) is 0 Å². The molecule has 0 saturated carbocycles. The van der Waals surface area contributed by atoms with Crippen LogP contribution in [0.25, 0.3) is 11.4 Å². The Morgan fingerprint density at radius 1 is 0.619 bits per heavy atom. The van der Waals surface area contributed by atoms with Crippen LogP contribution >= 0.6 is 0 Å². The second-order valence-electron chi connectivity index (χ2n) is 5.45. The molecule has 0 radical (unpaired) electrons. The molecule has 0 amide bonds. The highest BCUT2D eigenvalue weighted by molar-refractivity contribution is 5.51. The second kappa shape index (κ2) is 5.09.